The highest BCUT2D eigenvalue weighted by atomic mass is 32.2. The fraction of sp³-hybridized carbons (Fsp3) is 0.364. The summed E-state index contributed by atoms with van der Waals surface area (Å²) in [5.74, 6) is 1.03. The van der Waals surface area contributed by atoms with Gasteiger partial charge in [0.1, 0.15) is 17.1 Å². The third-order valence-corrected chi connectivity index (χ3v) is 4.00. The van der Waals surface area contributed by atoms with E-state index in [1.54, 1.807) is 0 Å². The van der Waals surface area contributed by atoms with E-state index in [9.17, 15) is 14.7 Å². The zero-order valence-electron chi connectivity index (χ0n) is 9.78. The van der Waals surface area contributed by atoms with Crippen molar-refractivity contribution in [2.75, 3.05) is 12.4 Å². The lowest BCUT2D eigenvalue weighted by molar-refractivity contribution is -0.147. The van der Waals surface area contributed by atoms with Crippen LogP contribution in [0.2, 0.25) is 0 Å². The second-order valence-electron chi connectivity index (χ2n) is 3.83. The molecule has 0 radical (unpaired) electrons. The number of terminal acetylenes is 1. The van der Waals surface area contributed by atoms with Crippen LogP contribution in [0.4, 0.5) is 0 Å². The second kappa shape index (κ2) is 5.34. The first kappa shape index (κ1) is 13.5. The molecule has 2 aliphatic heterocycles. The summed E-state index contributed by atoms with van der Waals surface area (Å²) in [4.78, 5) is 28.8. The molecule has 1 fully saturated rings. The Bertz CT molecular complexity index is 523. The smallest absolute Gasteiger partial charge is 0.353 e. The van der Waals surface area contributed by atoms with Gasteiger partial charge in [0.25, 0.3) is 0 Å². The molecule has 19 heavy (non-hydrogen) atoms. The third-order valence-electron chi connectivity index (χ3n) is 2.67. The monoisotopic (exact) mass is 281 g/mol. The lowest BCUT2D eigenvalue weighted by Crippen LogP contribution is -2.68. The van der Waals surface area contributed by atoms with Crippen molar-refractivity contribution in [3.8, 4) is 12.3 Å². The van der Waals surface area contributed by atoms with Crippen molar-refractivity contribution in [3.05, 3.63) is 11.3 Å². The lowest BCUT2D eigenvalue weighted by atomic mass is 10.0. The van der Waals surface area contributed by atoms with Gasteiger partial charge in [-0.25, -0.2) is 4.79 Å². The minimum atomic E-state index is -1.19. The fourth-order valence-electron chi connectivity index (χ4n) is 1.81. The van der Waals surface area contributed by atoms with Crippen molar-refractivity contribution >= 4 is 29.9 Å². The van der Waals surface area contributed by atoms with Crippen molar-refractivity contribution in [1.82, 2.24) is 4.90 Å². The summed E-state index contributed by atoms with van der Waals surface area (Å²) in [6.45, 7) is -0.00449. The SMILES string of the molecule is C#CCON=CC1=C(C(=O)O)N2C(=O)[C@@H](N)[C@H]2SC1. The topological polar surface area (TPSA) is 105 Å². The van der Waals surface area contributed by atoms with E-state index in [0.717, 1.165) is 0 Å². The van der Waals surface area contributed by atoms with E-state index < -0.39 is 17.9 Å². The molecule has 3 N–H and O–H groups in total. The maximum Gasteiger partial charge on any atom is 0.353 e. The number of carboxylic acids is 1. The number of carboxylic acid groups (broad SMARTS) is 1. The average molecular weight is 281 g/mol. The summed E-state index contributed by atoms with van der Waals surface area (Å²) in [6, 6.07) is -0.643. The molecule has 1 amide bonds. The molecular weight excluding hydrogens is 270 g/mol. The van der Waals surface area contributed by atoms with Crippen LogP contribution in [0.5, 0.6) is 0 Å². The molecule has 100 valence electrons. The summed E-state index contributed by atoms with van der Waals surface area (Å²) in [6.07, 6.45) is 6.25. The summed E-state index contributed by atoms with van der Waals surface area (Å²) >= 11 is 1.39. The fourth-order valence-corrected chi connectivity index (χ4v) is 3.06. The Kier molecular flexibility index (Phi) is 3.78. The minimum Gasteiger partial charge on any atom is -0.477 e. The molecule has 0 aromatic rings. The molecule has 0 saturated carbocycles. The van der Waals surface area contributed by atoms with Gasteiger partial charge >= 0.3 is 5.97 Å². The number of oxime groups is 1. The predicted octanol–water partition coefficient (Wildman–Crippen LogP) is -0.797. The molecule has 0 bridgehead atoms. The molecule has 1 saturated heterocycles. The summed E-state index contributed by atoms with van der Waals surface area (Å²) in [5, 5.41) is 12.5. The van der Waals surface area contributed by atoms with Gasteiger partial charge in [-0.15, -0.1) is 18.2 Å². The van der Waals surface area contributed by atoms with Gasteiger partial charge in [0.05, 0.1) is 6.21 Å². The minimum absolute atomic E-state index is 0.00449. The van der Waals surface area contributed by atoms with Crippen molar-refractivity contribution in [1.29, 1.82) is 0 Å². The van der Waals surface area contributed by atoms with Gasteiger partial charge in [-0.05, 0) is 0 Å². The van der Waals surface area contributed by atoms with E-state index in [4.69, 9.17) is 17.0 Å². The normalized spacial score (nSPS) is 25.9. The van der Waals surface area contributed by atoms with E-state index in [-0.39, 0.29) is 17.7 Å². The van der Waals surface area contributed by atoms with Crippen molar-refractivity contribution < 1.29 is 19.5 Å². The Balaban J connectivity index is 2.23. The quantitative estimate of drug-likeness (QED) is 0.230. The third kappa shape index (κ3) is 2.30. The Labute approximate surface area is 113 Å². The summed E-state index contributed by atoms with van der Waals surface area (Å²) < 4.78 is 0. The number of carbonyl (C=O) groups excluding carboxylic acids is 1. The van der Waals surface area contributed by atoms with E-state index in [1.807, 2.05) is 0 Å². The Morgan fingerprint density at radius 1 is 1.79 bits per heavy atom. The number of hydrogen-bond acceptors (Lipinski definition) is 6. The number of nitrogens with two attached hydrogens (primary N) is 1. The Hall–Kier alpha value is -1.98. The Morgan fingerprint density at radius 2 is 2.53 bits per heavy atom. The molecular formula is C11H11N3O4S. The summed E-state index contributed by atoms with van der Waals surface area (Å²) in [7, 11) is 0. The molecule has 2 aliphatic rings. The van der Waals surface area contributed by atoms with Crippen LogP contribution in [0.1, 0.15) is 0 Å². The molecule has 7 nitrogen and oxygen atoms in total. The first-order valence-electron chi connectivity index (χ1n) is 5.33. The van der Waals surface area contributed by atoms with Crippen LogP contribution < -0.4 is 5.73 Å². The van der Waals surface area contributed by atoms with Crippen LogP contribution in [0, 0.1) is 12.3 Å². The number of carbonyl (C=O) groups is 2. The summed E-state index contributed by atoms with van der Waals surface area (Å²) in [5.41, 5.74) is 5.92. The van der Waals surface area contributed by atoms with Gasteiger partial charge in [-0.3, -0.25) is 9.69 Å². The zero-order valence-corrected chi connectivity index (χ0v) is 10.6. The number of nitrogens with zero attached hydrogens (tertiary/aromatic N) is 2. The highest BCUT2D eigenvalue weighted by molar-refractivity contribution is 8.00. The average Bonchev–Trinajstić information content (AvgIpc) is 2.41. The van der Waals surface area contributed by atoms with E-state index >= 15 is 0 Å². The molecule has 2 heterocycles. The zero-order chi connectivity index (χ0) is 14.0. The van der Waals surface area contributed by atoms with Gasteiger partial charge in [0.15, 0.2) is 6.61 Å². The molecule has 0 unspecified atom stereocenters. The first-order valence-corrected chi connectivity index (χ1v) is 6.38. The molecule has 2 atom stereocenters. The van der Waals surface area contributed by atoms with Crippen LogP contribution in [0.15, 0.2) is 16.4 Å². The van der Waals surface area contributed by atoms with Gasteiger partial charge in [-0.2, -0.15) is 0 Å². The molecule has 8 heteroatoms. The molecule has 2 rings (SSSR count). The van der Waals surface area contributed by atoms with Gasteiger partial charge in [0, 0.05) is 11.3 Å². The number of aliphatic carboxylic acids is 1. The highest BCUT2D eigenvalue weighted by Crippen LogP contribution is 2.38. The second-order valence-corrected chi connectivity index (χ2v) is 4.93. The number of β-lactam (4-membered cyclic amide) rings is 1. The van der Waals surface area contributed by atoms with E-state index in [2.05, 4.69) is 11.1 Å². The lowest BCUT2D eigenvalue weighted by Gasteiger charge is -2.47. The van der Waals surface area contributed by atoms with Gasteiger partial charge in [0.2, 0.25) is 5.91 Å². The molecule has 0 aromatic heterocycles. The molecule has 0 spiro atoms. The Morgan fingerprint density at radius 3 is 3.16 bits per heavy atom. The first-order chi connectivity index (χ1) is 9.07. The van der Waals surface area contributed by atoms with Crippen molar-refractivity contribution in [2.24, 2.45) is 10.9 Å². The maximum atomic E-state index is 11.6. The highest BCUT2D eigenvalue weighted by Gasteiger charge is 2.51. The van der Waals surface area contributed by atoms with Crippen LogP contribution in [-0.2, 0) is 14.4 Å². The van der Waals surface area contributed by atoms with Gasteiger partial charge in [-0.1, -0.05) is 11.1 Å². The standard InChI is InChI=1S/C11H11N3O4S/c1-2-3-18-13-4-6-5-19-10-7(12)9(15)14(10)8(6)11(16)17/h1,4,7,10H,3,5,12H2,(H,16,17)/t7-,10-/m1/s1. The van der Waals surface area contributed by atoms with Crippen LogP contribution in [0.25, 0.3) is 0 Å². The van der Waals surface area contributed by atoms with Gasteiger partial charge < -0.3 is 15.7 Å². The predicted molar refractivity (Wildman–Crippen MR) is 69.0 cm³/mol. The number of fused-ring (bicyclic) bond motifs is 1. The number of rotatable bonds is 4. The molecule has 0 aliphatic carbocycles. The molecule has 0 aromatic carbocycles. The number of hydrogen-bond donors (Lipinski definition) is 2. The maximum absolute atomic E-state index is 11.6. The van der Waals surface area contributed by atoms with E-state index in [1.165, 1.54) is 22.9 Å². The van der Waals surface area contributed by atoms with Crippen molar-refractivity contribution in [2.45, 2.75) is 11.4 Å². The van der Waals surface area contributed by atoms with Crippen LogP contribution in [0.3, 0.4) is 0 Å². The van der Waals surface area contributed by atoms with Crippen LogP contribution >= 0.6 is 11.8 Å². The van der Waals surface area contributed by atoms with Crippen LogP contribution in [-0.4, -0.2) is 51.9 Å². The largest absolute Gasteiger partial charge is 0.477 e. The van der Waals surface area contributed by atoms with E-state index in [0.29, 0.717) is 11.3 Å². The van der Waals surface area contributed by atoms with Crippen molar-refractivity contribution in [3.63, 3.8) is 0 Å². The number of amides is 1. The number of thioether (sulfide) groups is 1.